The number of thiophene rings is 1. The third-order valence-corrected chi connectivity index (χ3v) is 3.27. The molecule has 0 aliphatic heterocycles. The minimum Gasteiger partial charge on any atom is -0.478 e. The zero-order valence-electron chi connectivity index (χ0n) is 10.2. The maximum Gasteiger partial charge on any atom is 0.328 e. The van der Waals surface area contributed by atoms with Crippen molar-refractivity contribution in [2.24, 2.45) is 0 Å². The second-order valence-electron chi connectivity index (χ2n) is 3.87. The van der Waals surface area contributed by atoms with Crippen molar-refractivity contribution >= 4 is 35.0 Å². The van der Waals surface area contributed by atoms with E-state index >= 15 is 0 Å². The monoisotopic (exact) mass is 291 g/mol. The summed E-state index contributed by atoms with van der Waals surface area (Å²) in [5.41, 5.74) is 0.912. The molecule has 0 bridgehead atoms. The molecule has 0 unspecified atom stereocenters. The van der Waals surface area contributed by atoms with Crippen molar-refractivity contribution in [2.45, 2.75) is 0 Å². The van der Waals surface area contributed by atoms with Gasteiger partial charge in [-0.25, -0.2) is 9.18 Å². The van der Waals surface area contributed by atoms with Crippen molar-refractivity contribution in [3.8, 4) is 0 Å². The highest BCUT2D eigenvalue weighted by Crippen LogP contribution is 2.18. The van der Waals surface area contributed by atoms with Gasteiger partial charge in [-0.15, -0.1) is 11.3 Å². The van der Waals surface area contributed by atoms with Crippen molar-refractivity contribution in [3.63, 3.8) is 0 Å². The molecule has 4 nitrogen and oxygen atoms in total. The maximum absolute atomic E-state index is 12.7. The lowest BCUT2D eigenvalue weighted by molar-refractivity contribution is -0.131. The lowest BCUT2D eigenvalue weighted by atomic mass is 10.2. The predicted molar refractivity (Wildman–Crippen MR) is 75.3 cm³/mol. The molecule has 0 saturated heterocycles. The number of hydrogen-bond acceptors (Lipinski definition) is 3. The Kier molecular flexibility index (Phi) is 4.27. The Hall–Kier alpha value is -2.47. The summed E-state index contributed by atoms with van der Waals surface area (Å²) in [5, 5.41) is 12.8. The second kappa shape index (κ2) is 6.12. The predicted octanol–water partition coefficient (Wildman–Crippen LogP) is 3.24. The standard InChI is InChI=1S/C14H10FNO3S/c15-10-1-3-11(4-2-10)16-14(19)9-7-12(20-8-9)5-6-13(17)18/h1-8H,(H,16,19)(H,17,18). The van der Waals surface area contributed by atoms with Gasteiger partial charge < -0.3 is 10.4 Å². The Morgan fingerprint density at radius 1 is 1.25 bits per heavy atom. The van der Waals surface area contributed by atoms with Crippen LogP contribution >= 0.6 is 11.3 Å². The fraction of sp³-hybridized carbons (Fsp3) is 0. The van der Waals surface area contributed by atoms with E-state index in [0.29, 0.717) is 16.1 Å². The molecule has 0 fully saturated rings. The van der Waals surface area contributed by atoms with Gasteiger partial charge in [-0.1, -0.05) is 0 Å². The number of nitrogens with one attached hydrogen (secondary N) is 1. The van der Waals surface area contributed by atoms with E-state index in [1.807, 2.05) is 0 Å². The van der Waals surface area contributed by atoms with Gasteiger partial charge in [0.15, 0.2) is 0 Å². The molecule has 2 N–H and O–H groups in total. The van der Waals surface area contributed by atoms with Gasteiger partial charge in [-0.05, 0) is 36.4 Å². The molecule has 1 aromatic carbocycles. The van der Waals surface area contributed by atoms with Crippen LogP contribution in [0.4, 0.5) is 10.1 Å². The topological polar surface area (TPSA) is 66.4 Å². The van der Waals surface area contributed by atoms with Crippen LogP contribution < -0.4 is 5.32 Å². The van der Waals surface area contributed by atoms with Crippen molar-refractivity contribution in [2.75, 3.05) is 5.32 Å². The Labute approximate surface area is 118 Å². The molecule has 20 heavy (non-hydrogen) atoms. The zero-order valence-corrected chi connectivity index (χ0v) is 11.0. The van der Waals surface area contributed by atoms with Crippen molar-refractivity contribution < 1.29 is 19.1 Å². The van der Waals surface area contributed by atoms with Crippen LogP contribution in [0.1, 0.15) is 15.2 Å². The summed E-state index contributed by atoms with van der Waals surface area (Å²) >= 11 is 1.26. The number of hydrogen-bond donors (Lipinski definition) is 2. The number of rotatable bonds is 4. The third-order valence-electron chi connectivity index (χ3n) is 2.37. The smallest absolute Gasteiger partial charge is 0.328 e. The Morgan fingerprint density at radius 2 is 1.95 bits per heavy atom. The van der Waals surface area contributed by atoms with Gasteiger partial charge in [0.1, 0.15) is 5.82 Å². The summed E-state index contributed by atoms with van der Waals surface area (Å²) in [6, 6.07) is 7.02. The average molecular weight is 291 g/mol. The Morgan fingerprint density at radius 3 is 2.60 bits per heavy atom. The lowest BCUT2D eigenvalue weighted by Gasteiger charge is -2.02. The van der Waals surface area contributed by atoms with Crippen molar-refractivity contribution in [1.82, 2.24) is 0 Å². The summed E-state index contributed by atoms with van der Waals surface area (Å²) in [5.74, 6) is -1.75. The van der Waals surface area contributed by atoms with Crippen LogP contribution in [0.5, 0.6) is 0 Å². The summed E-state index contributed by atoms with van der Waals surface area (Å²) in [4.78, 5) is 23.0. The molecule has 1 aromatic heterocycles. The van der Waals surface area contributed by atoms with Crippen LogP contribution in [0, 0.1) is 5.82 Å². The average Bonchev–Trinajstić information content (AvgIpc) is 2.88. The Bertz CT molecular complexity index is 661. The van der Waals surface area contributed by atoms with E-state index in [1.54, 1.807) is 11.4 Å². The summed E-state index contributed by atoms with van der Waals surface area (Å²) in [6.45, 7) is 0. The zero-order chi connectivity index (χ0) is 14.5. The minimum atomic E-state index is -1.05. The maximum atomic E-state index is 12.7. The first-order chi connectivity index (χ1) is 9.54. The van der Waals surface area contributed by atoms with Gasteiger partial charge in [-0.3, -0.25) is 4.79 Å². The van der Waals surface area contributed by atoms with Gasteiger partial charge >= 0.3 is 5.97 Å². The molecule has 2 aromatic rings. The number of carbonyl (C=O) groups is 2. The molecule has 2 rings (SSSR count). The fourth-order valence-corrected chi connectivity index (χ4v) is 2.23. The number of anilines is 1. The molecule has 0 spiro atoms. The molecule has 0 aliphatic carbocycles. The normalized spacial score (nSPS) is 10.7. The third kappa shape index (κ3) is 3.76. The van der Waals surface area contributed by atoms with E-state index in [9.17, 15) is 14.0 Å². The number of carbonyl (C=O) groups excluding carboxylic acids is 1. The molecular formula is C14H10FNO3S. The molecule has 0 saturated carbocycles. The number of carboxylic acid groups (broad SMARTS) is 1. The quantitative estimate of drug-likeness (QED) is 0.850. The highest BCUT2D eigenvalue weighted by Gasteiger charge is 2.08. The number of aliphatic carboxylic acids is 1. The number of benzene rings is 1. The van der Waals surface area contributed by atoms with Crippen LogP contribution in [-0.4, -0.2) is 17.0 Å². The van der Waals surface area contributed by atoms with E-state index < -0.39 is 5.97 Å². The molecule has 1 heterocycles. The molecular weight excluding hydrogens is 281 g/mol. The summed E-state index contributed by atoms with van der Waals surface area (Å²) in [6.07, 6.45) is 2.43. The number of halogens is 1. The lowest BCUT2D eigenvalue weighted by Crippen LogP contribution is -2.10. The largest absolute Gasteiger partial charge is 0.478 e. The SMILES string of the molecule is O=C(O)C=Cc1cc(C(=O)Nc2ccc(F)cc2)cs1. The first-order valence-corrected chi connectivity index (χ1v) is 6.49. The molecule has 0 radical (unpaired) electrons. The van der Waals surface area contributed by atoms with Gasteiger partial charge in [0, 0.05) is 22.0 Å². The van der Waals surface area contributed by atoms with Gasteiger partial charge in [0.25, 0.3) is 5.91 Å². The second-order valence-corrected chi connectivity index (χ2v) is 4.81. The summed E-state index contributed by atoms with van der Waals surface area (Å²) < 4.78 is 12.7. The Balaban J connectivity index is 2.06. The van der Waals surface area contributed by atoms with Crippen LogP contribution in [-0.2, 0) is 4.79 Å². The van der Waals surface area contributed by atoms with Crippen molar-refractivity contribution in [3.05, 3.63) is 58.0 Å². The molecule has 6 heteroatoms. The highest BCUT2D eigenvalue weighted by molar-refractivity contribution is 7.11. The number of amides is 1. The van der Waals surface area contributed by atoms with Crippen LogP contribution in [0.15, 0.2) is 41.8 Å². The van der Waals surface area contributed by atoms with E-state index in [1.165, 1.54) is 41.7 Å². The molecule has 1 amide bonds. The van der Waals surface area contributed by atoms with E-state index in [2.05, 4.69) is 5.32 Å². The molecule has 0 atom stereocenters. The van der Waals surface area contributed by atoms with Crippen LogP contribution in [0.3, 0.4) is 0 Å². The van der Waals surface area contributed by atoms with E-state index in [4.69, 9.17) is 5.11 Å². The number of carboxylic acids is 1. The fourth-order valence-electron chi connectivity index (χ4n) is 1.45. The first-order valence-electron chi connectivity index (χ1n) is 5.61. The van der Waals surface area contributed by atoms with Crippen LogP contribution in [0.25, 0.3) is 6.08 Å². The minimum absolute atomic E-state index is 0.331. The van der Waals surface area contributed by atoms with Crippen LogP contribution in [0.2, 0.25) is 0 Å². The highest BCUT2D eigenvalue weighted by atomic mass is 32.1. The van der Waals surface area contributed by atoms with E-state index in [0.717, 1.165) is 6.08 Å². The van der Waals surface area contributed by atoms with E-state index in [-0.39, 0.29) is 11.7 Å². The molecule has 0 aliphatic rings. The van der Waals surface area contributed by atoms with Gasteiger partial charge in [-0.2, -0.15) is 0 Å². The van der Waals surface area contributed by atoms with Gasteiger partial charge in [0.2, 0.25) is 0 Å². The summed E-state index contributed by atoms with van der Waals surface area (Å²) in [7, 11) is 0. The van der Waals surface area contributed by atoms with Crippen molar-refractivity contribution in [1.29, 1.82) is 0 Å². The first kappa shape index (κ1) is 14.0. The van der Waals surface area contributed by atoms with Gasteiger partial charge in [0.05, 0.1) is 5.56 Å². The molecule has 102 valence electrons.